The highest BCUT2D eigenvalue weighted by Gasteiger charge is 2.44. The van der Waals surface area contributed by atoms with Gasteiger partial charge >= 0.3 is 6.03 Å². The van der Waals surface area contributed by atoms with Crippen molar-refractivity contribution in [2.75, 3.05) is 18.6 Å². The van der Waals surface area contributed by atoms with E-state index in [1.165, 1.54) is 0 Å². The third-order valence-electron chi connectivity index (χ3n) is 8.13. The first kappa shape index (κ1) is 32.3. The quantitative estimate of drug-likeness (QED) is 0.0975. The summed E-state index contributed by atoms with van der Waals surface area (Å²) < 4.78 is 19.1. The SMILES string of the molecule is CCCCCC(OCc1ccc(OC)cc1)c1ccc(N2C(=O)N(P)C(=O)[C@@H]2CCO[Si](C)(C)C(C)(C)C)cc1. The largest absolute Gasteiger partial charge is 0.497 e. The second-order valence-electron chi connectivity index (χ2n) is 12.0. The smallest absolute Gasteiger partial charge is 0.334 e. The molecular weight excluding hydrogens is 539 g/mol. The molecule has 1 saturated heterocycles. The van der Waals surface area contributed by atoms with Gasteiger partial charge < -0.3 is 13.9 Å². The van der Waals surface area contributed by atoms with Crippen LogP contribution in [0.4, 0.5) is 10.5 Å². The summed E-state index contributed by atoms with van der Waals surface area (Å²) in [7, 11) is 1.97. The second kappa shape index (κ2) is 14.1. The van der Waals surface area contributed by atoms with Crippen molar-refractivity contribution in [3.05, 3.63) is 59.7 Å². The molecule has 1 aliphatic heterocycles. The number of carbonyl (C=O) groups excluding carboxylic acids is 2. The van der Waals surface area contributed by atoms with Crippen LogP contribution in [0, 0.1) is 0 Å². The van der Waals surface area contributed by atoms with E-state index in [0.29, 0.717) is 25.3 Å². The molecule has 2 aromatic rings. The predicted molar refractivity (Wildman–Crippen MR) is 167 cm³/mol. The van der Waals surface area contributed by atoms with Gasteiger partial charge in [-0.2, -0.15) is 0 Å². The number of carbonyl (C=O) groups is 2. The molecule has 1 heterocycles. The van der Waals surface area contributed by atoms with Gasteiger partial charge in [0.15, 0.2) is 8.32 Å². The third-order valence-corrected chi connectivity index (χ3v) is 13.1. The lowest BCUT2D eigenvalue weighted by molar-refractivity contribution is -0.123. The molecule has 40 heavy (non-hydrogen) atoms. The topological polar surface area (TPSA) is 68.3 Å². The van der Waals surface area contributed by atoms with Gasteiger partial charge in [0.2, 0.25) is 0 Å². The average Bonchev–Trinajstić information content (AvgIpc) is 3.13. The first-order chi connectivity index (χ1) is 18.9. The predicted octanol–water partition coefficient (Wildman–Crippen LogP) is 7.87. The van der Waals surface area contributed by atoms with Crippen molar-refractivity contribution < 1.29 is 23.5 Å². The van der Waals surface area contributed by atoms with E-state index < -0.39 is 14.4 Å². The Morgan fingerprint density at radius 1 is 1.00 bits per heavy atom. The molecule has 3 rings (SSSR count). The lowest BCUT2D eigenvalue weighted by Crippen LogP contribution is -2.42. The Kier molecular flexibility index (Phi) is 11.4. The van der Waals surface area contributed by atoms with Crippen molar-refractivity contribution in [1.29, 1.82) is 0 Å². The number of amides is 3. The lowest BCUT2D eigenvalue weighted by atomic mass is 10.0. The summed E-state index contributed by atoms with van der Waals surface area (Å²) in [5.74, 6) is 0.598. The van der Waals surface area contributed by atoms with Gasteiger partial charge in [-0.05, 0) is 75.8 Å². The minimum Gasteiger partial charge on any atom is -0.497 e. The fourth-order valence-electron chi connectivity index (χ4n) is 4.49. The van der Waals surface area contributed by atoms with Crippen LogP contribution in [0.5, 0.6) is 5.75 Å². The van der Waals surface area contributed by atoms with Crippen molar-refractivity contribution in [1.82, 2.24) is 4.67 Å². The van der Waals surface area contributed by atoms with Crippen molar-refractivity contribution in [2.24, 2.45) is 0 Å². The molecule has 0 spiro atoms. The molecule has 2 unspecified atom stereocenters. The molecule has 0 N–H and O–H groups in total. The minimum atomic E-state index is -1.96. The zero-order valence-corrected chi connectivity index (χ0v) is 27.4. The van der Waals surface area contributed by atoms with E-state index in [4.69, 9.17) is 13.9 Å². The molecule has 0 bridgehead atoms. The van der Waals surface area contributed by atoms with Gasteiger partial charge in [0.25, 0.3) is 5.91 Å². The zero-order chi connectivity index (χ0) is 29.5. The Hall–Kier alpha value is -2.25. The summed E-state index contributed by atoms with van der Waals surface area (Å²) in [6, 6.07) is 14.9. The lowest BCUT2D eigenvalue weighted by Gasteiger charge is -2.36. The fraction of sp³-hybridized carbons (Fsp3) is 0.548. The molecule has 0 saturated carbocycles. The monoisotopic (exact) mass is 586 g/mol. The summed E-state index contributed by atoms with van der Waals surface area (Å²) in [6.07, 6.45) is 4.66. The Bertz CT molecular complexity index is 1120. The van der Waals surface area contributed by atoms with Gasteiger partial charge in [-0.25, -0.2) is 9.46 Å². The van der Waals surface area contributed by atoms with Crippen LogP contribution in [-0.2, 0) is 20.6 Å². The number of ether oxygens (including phenoxy) is 2. The maximum Gasteiger partial charge on any atom is 0.334 e. The summed E-state index contributed by atoms with van der Waals surface area (Å²) in [5.41, 5.74) is 2.85. The van der Waals surface area contributed by atoms with E-state index in [-0.39, 0.29) is 23.1 Å². The fourth-order valence-corrected chi connectivity index (χ4v) is 5.85. The Balaban J connectivity index is 1.74. The van der Waals surface area contributed by atoms with Crippen LogP contribution in [-0.4, -0.2) is 44.7 Å². The van der Waals surface area contributed by atoms with Crippen LogP contribution >= 0.6 is 9.39 Å². The van der Waals surface area contributed by atoms with Gasteiger partial charge in [-0.1, -0.05) is 71.2 Å². The number of unbranched alkanes of at least 4 members (excludes halogenated alkanes) is 2. The van der Waals surface area contributed by atoms with Crippen LogP contribution in [0.2, 0.25) is 18.1 Å². The molecule has 1 fully saturated rings. The van der Waals surface area contributed by atoms with Crippen LogP contribution in [0.3, 0.4) is 0 Å². The molecule has 0 aliphatic carbocycles. The number of urea groups is 1. The van der Waals surface area contributed by atoms with Crippen molar-refractivity contribution in [2.45, 2.75) is 96.7 Å². The van der Waals surface area contributed by atoms with Gasteiger partial charge in [0.1, 0.15) is 11.8 Å². The molecule has 1 aliphatic rings. The normalized spacial score (nSPS) is 17.1. The van der Waals surface area contributed by atoms with Gasteiger partial charge in [-0.15, -0.1) is 0 Å². The summed E-state index contributed by atoms with van der Waals surface area (Å²) in [6.45, 7) is 14.1. The zero-order valence-electron chi connectivity index (χ0n) is 25.2. The van der Waals surface area contributed by atoms with E-state index in [9.17, 15) is 9.59 Å². The standard InChI is InChI=1S/C31H47N2O5PSi/c1-8-9-10-11-28(37-22-23-12-18-26(36-5)19-13-23)24-14-16-25(17-15-24)32-27(29(34)33(39)30(32)35)20-21-38-40(6,7)31(2,3)4/h12-19,27-28H,8-11,20-22,39H2,1-7H3/t27-,28?/m0/s1. The highest BCUT2D eigenvalue weighted by atomic mass is 31.0. The molecule has 7 nitrogen and oxygen atoms in total. The maximum absolute atomic E-state index is 13.1. The Morgan fingerprint density at radius 3 is 2.23 bits per heavy atom. The van der Waals surface area contributed by atoms with E-state index in [1.54, 1.807) is 12.0 Å². The first-order valence-corrected chi connectivity index (χ1v) is 17.7. The molecule has 3 amide bonds. The van der Waals surface area contributed by atoms with Crippen LogP contribution in [0.15, 0.2) is 48.5 Å². The number of anilines is 1. The molecule has 0 radical (unpaired) electrons. The Morgan fingerprint density at radius 2 is 1.65 bits per heavy atom. The number of hydrogen-bond acceptors (Lipinski definition) is 5. The molecule has 9 heteroatoms. The molecule has 3 atom stereocenters. The number of nitrogens with zero attached hydrogens (tertiary/aromatic N) is 2. The summed E-state index contributed by atoms with van der Waals surface area (Å²) >= 11 is 0. The number of imide groups is 1. The van der Waals surface area contributed by atoms with Crippen molar-refractivity contribution in [3.8, 4) is 5.75 Å². The second-order valence-corrected chi connectivity index (χ2v) is 17.3. The van der Waals surface area contributed by atoms with E-state index in [2.05, 4.69) is 50.2 Å². The minimum absolute atomic E-state index is 0.0642. The van der Waals surface area contributed by atoms with E-state index in [0.717, 1.165) is 47.2 Å². The highest BCUT2D eigenvalue weighted by Crippen LogP contribution is 2.37. The van der Waals surface area contributed by atoms with Crippen molar-refractivity contribution >= 4 is 35.3 Å². The summed E-state index contributed by atoms with van der Waals surface area (Å²) in [5, 5.41) is 0.0772. The number of rotatable bonds is 14. The van der Waals surface area contributed by atoms with Crippen LogP contribution < -0.4 is 9.64 Å². The number of methoxy groups -OCH3 is 1. The van der Waals surface area contributed by atoms with Gasteiger partial charge in [0, 0.05) is 12.3 Å². The third kappa shape index (κ3) is 7.94. The highest BCUT2D eigenvalue weighted by molar-refractivity contribution is 7.16. The van der Waals surface area contributed by atoms with Gasteiger partial charge in [0.05, 0.1) is 19.8 Å². The van der Waals surface area contributed by atoms with Crippen LogP contribution in [0.25, 0.3) is 0 Å². The molecule has 2 aromatic carbocycles. The first-order valence-electron chi connectivity index (χ1n) is 14.3. The van der Waals surface area contributed by atoms with E-state index in [1.807, 2.05) is 48.5 Å². The summed E-state index contributed by atoms with van der Waals surface area (Å²) in [4.78, 5) is 27.7. The molecule has 220 valence electrons. The number of benzene rings is 2. The van der Waals surface area contributed by atoms with E-state index >= 15 is 0 Å². The molecule has 0 aromatic heterocycles. The number of hydrogen-bond donors (Lipinski definition) is 0. The molecular formula is C31H47N2O5PSi. The van der Waals surface area contributed by atoms with Gasteiger partial charge in [-0.3, -0.25) is 9.69 Å². The van der Waals surface area contributed by atoms with Crippen LogP contribution in [0.1, 0.15) is 77.0 Å². The Labute approximate surface area is 243 Å². The van der Waals surface area contributed by atoms with Crippen molar-refractivity contribution in [3.63, 3.8) is 0 Å². The maximum atomic E-state index is 13.1. The average molecular weight is 587 g/mol.